The van der Waals surface area contributed by atoms with Gasteiger partial charge in [0.2, 0.25) is 0 Å². The van der Waals surface area contributed by atoms with Crippen LogP contribution in [0.15, 0.2) is 18.2 Å². The van der Waals surface area contributed by atoms with E-state index in [1.54, 1.807) is 0 Å². The van der Waals surface area contributed by atoms with Crippen molar-refractivity contribution >= 4 is 11.6 Å². The van der Waals surface area contributed by atoms with E-state index >= 15 is 0 Å². The Balaban J connectivity index is 2.59. The van der Waals surface area contributed by atoms with Crippen LogP contribution in [0.2, 0.25) is 5.02 Å². The number of aryl methyl sites for hydroxylation is 2. The zero-order chi connectivity index (χ0) is 10.6. The van der Waals surface area contributed by atoms with Crippen LogP contribution in [0.3, 0.4) is 0 Å². The summed E-state index contributed by atoms with van der Waals surface area (Å²) in [4.78, 5) is 0. The van der Waals surface area contributed by atoms with E-state index in [0.717, 1.165) is 24.3 Å². The molecule has 0 fully saturated rings. The molecule has 0 aliphatic carbocycles. The van der Waals surface area contributed by atoms with E-state index in [2.05, 4.69) is 19.1 Å². The molecule has 0 spiro atoms. The first-order valence-corrected chi connectivity index (χ1v) is 5.52. The summed E-state index contributed by atoms with van der Waals surface area (Å²) in [5.74, 6) is 0. The molecule has 1 rings (SSSR count). The first kappa shape index (κ1) is 11.5. The van der Waals surface area contributed by atoms with Gasteiger partial charge in [0.25, 0.3) is 0 Å². The molecule has 0 heterocycles. The highest BCUT2D eigenvalue weighted by molar-refractivity contribution is 6.31. The molecule has 0 aromatic heterocycles. The highest BCUT2D eigenvalue weighted by atomic mass is 35.5. The van der Waals surface area contributed by atoms with E-state index in [9.17, 15) is 0 Å². The molecule has 2 N–H and O–H groups in total. The Kier molecular flexibility index (Phi) is 4.43. The monoisotopic (exact) mass is 211 g/mol. The van der Waals surface area contributed by atoms with Crippen LogP contribution in [-0.2, 0) is 6.42 Å². The molecule has 14 heavy (non-hydrogen) atoms. The van der Waals surface area contributed by atoms with Crippen LogP contribution in [0.1, 0.15) is 30.9 Å². The van der Waals surface area contributed by atoms with Crippen LogP contribution < -0.4 is 5.73 Å². The minimum Gasteiger partial charge on any atom is -0.328 e. The average molecular weight is 212 g/mol. The standard InChI is InChI=1S/C12H18ClN/c1-3-11(14)7-6-10-5-4-9(2)8-12(10)13/h4-5,8,11H,3,6-7,14H2,1-2H3. The van der Waals surface area contributed by atoms with E-state index in [1.165, 1.54) is 11.1 Å². The van der Waals surface area contributed by atoms with Gasteiger partial charge in [0, 0.05) is 11.1 Å². The first-order valence-electron chi connectivity index (χ1n) is 5.14. The zero-order valence-electron chi connectivity index (χ0n) is 8.89. The number of hydrogen-bond donors (Lipinski definition) is 1. The highest BCUT2D eigenvalue weighted by Crippen LogP contribution is 2.19. The molecule has 0 saturated heterocycles. The van der Waals surface area contributed by atoms with E-state index in [0.29, 0.717) is 6.04 Å². The molecule has 0 saturated carbocycles. The molecule has 1 unspecified atom stereocenters. The largest absolute Gasteiger partial charge is 0.328 e. The lowest BCUT2D eigenvalue weighted by atomic mass is 10.0. The molecule has 1 aromatic carbocycles. The lowest BCUT2D eigenvalue weighted by molar-refractivity contribution is 0.596. The van der Waals surface area contributed by atoms with Crippen molar-refractivity contribution in [2.24, 2.45) is 5.73 Å². The summed E-state index contributed by atoms with van der Waals surface area (Å²) in [6.07, 6.45) is 3.02. The smallest absolute Gasteiger partial charge is 0.0440 e. The third-order valence-corrected chi connectivity index (χ3v) is 2.87. The van der Waals surface area contributed by atoms with Crippen LogP contribution in [0.5, 0.6) is 0 Å². The molecule has 78 valence electrons. The summed E-state index contributed by atoms with van der Waals surface area (Å²) in [6.45, 7) is 4.16. The number of nitrogens with two attached hydrogens (primary N) is 1. The van der Waals surface area contributed by atoms with Crippen molar-refractivity contribution in [2.45, 2.75) is 39.2 Å². The van der Waals surface area contributed by atoms with Crippen molar-refractivity contribution in [3.8, 4) is 0 Å². The summed E-state index contributed by atoms with van der Waals surface area (Å²) in [5, 5.41) is 0.869. The van der Waals surface area contributed by atoms with Crippen molar-refractivity contribution in [1.29, 1.82) is 0 Å². The molecule has 1 aromatic rings. The predicted molar refractivity (Wildman–Crippen MR) is 62.8 cm³/mol. The second-order valence-electron chi connectivity index (χ2n) is 3.80. The first-order chi connectivity index (χ1) is 6.63. The highest BCUT2D eigenvalue weighted by Gasteiger charge is 2.03. The van der Waals surface area contributed by atoms with Crippen LogP contribution >= 0.6 is 11.6 Å². The van der Waals surface area contributed by atoms with Gasteiger partial charge in [-0.1, -0.05) is 30.7 Å². The fraction of sp³-hybridized carbons (Fsp3) is 0.500. The van der Waals surface area contributed by atoms with Gasteiger partial charge in [0.1, 0.15) is 0 Å². The molecule has 1 atom stereocenters. The summed E-state index contributed by atoms with van der Waals surface area (Å²) in [7, 11) is 0. The quantitative estimate of drug-likeness (QED) is 0.813. The Labute approximate surface area is 91.3 Å². The van der Waals surface area contributed by atoms with Gasteiger partial charge in [0.15, 0.2) is 0 Å². The molecule has 2 heteroatoms. The Morgan fingerprint density at radius 1 is 1.43 bits per heavy atom. The van der Waals surface area contributed by atoms with Crippen molar-refractivity contribution in [3.63, 3.8) is 0 Å². The average Bonchev–Trinajstić information content (AvgIpc) is 2.16. The number of halogens is 1. The molecular formula is C12H18ClN. The Morgan fingerprint density at radius 2 is 2.14 bits per heavy atom. The van der Waals surface area contributed by atoms with Gasteiger partial charge < -0.3 is 5.73 Å². The lowest BCUT2D eigenvalue weighted by Crippen LogP contribution is -2.19. The van der Waals surface area contributed by atoms with Crippen LogP contribution in [0.25, 0.3) is 0 Å². The van der Waals surface area contributed by atoms with Crippen LogP contribution in [0.4, 0.5) is 0 Å². The minimum absolute atomic E-state index is 0.298. The SMILES string of the molecule is CCC(N)CCc1ccc(C)cc1Cl. The van der Waals surface area contributed by atoms with Gasteiger partial charge in [0.05, 0.1) is 0 Å². The fourth-order valence-electron chi connectivity index (χ4n) is 1.40. The maximum atomic E-state index is 6.12. The van der Waals surface area contributed by atoms with E-state index in [1.807, 2.05) is 13.0 Å². The minimum atomic E-state index is 0.298. The summed E-state index contributed by atoms with van der Waals surface area (Å²) < 4.78 is 0. The van der Waals surface area contributed by atoms with Crippen LogP contribution in [-0.4, -0.2) is 6.04 Å². The molecule has 0 amide bonds. The number of hydrogen-bond acceptors (Lipinski definition) is 1. The van der Waals surface area contributed by atoms with Gasteiger partial charge in [-0.15, -0.1) is 0 Å². The van der Waals surface area contributed by atoms with Crippen molar-refractivity contribution in [3.05, 3.63) is 34.3 Å². The van der Waals surface area contributed by atoms with Gasteiger partial charge in [-0.2, -0.15) is 0 Å². The Hall–Kier alpha value is -0.530. The second-order valence-corrected chi connectivity index (χ2v) is 4.21. The molecule has 0 bridgehead atoms. The van der Waals surface area contributed by atoms with Crippen molar-refractivity contribution < 1.29 is 0 Å². The maximum absolute atomic E-state index is 6.12. The third kappa shape index (κ3) is 3.32. The third-order valence-electron chi connectivity index (χ3n) is 2.52. The Bertz CT molecular complexity index is 296. The van der Waals surface area contributed by atoms with Gasteiger partial charge in [-0.25, -0.2) is 0 Å². The second kappa shape index (κ2) is 5.38. The topological polar surface area (TPSA) is 26.0 Å². The van der Waals surface area contributed by atoms with Crippen molar-refractivity contribution in [1.82, 2.24) is 0 Å². The fourth-order valence-corrected chi connectivity index (χ4v) is 1.73. The van der Waals surface area contributed by atoms with Gasteiger partial charge in [-0.05, 0) is 43.4 Å². The normalized spacial score (nSPS) is 12.9. The van der Waals surface area contributed by atoms with E-state index in [4.69, 9.17) is 17.3 Å². The van der Waals surface area contributed by atoms with Gasteiger partial charge >= 0.3 is 0 Å². The molecule has 0 aliphatic heterocycles. The van der Waals surface area contributed by atoms with Gasteiger partial charge in [-0.3, -0.25) is 0 Å². The molecule has 0 aliphatic rings. The number of benzene rings is 1. The lowest BCUT2D eigenvalue weighted by Gasteiger charge is -2.09. The van der Waals surface area contributed by atoms with Crippen molar-refractivity contribution in [2.75, 3.05) is 0 Å². The van der Waals surface area contributed by atoms with E-state index in [-0.39, 0.29) is 0 Å². The summed E-state index contributed by atoms with van der Waals surface area (Å²) >= 11 is 6.12. The zero-order valence-corrected chi connectivity index (χ0v) is 9.64. The summed E-state index contributed by atoms with van der Waals surface area (Å²) in [6, 6.07) is 6.50. The van der Waals surface area contributed by atoms with Crippen LogP contribution in [0, 0.1) is 6.92 Å². The number of rotatable bonds is 4. The predicted octanol–water partition coefficient (Wildman–Crippen LogP) is 3.32. The van der Waals surface area contributed by atoms with E-state index < -0.39 is 0 Å². The summed E-state index contributed by atoms with van der Waals surface area (Å²) in [5.41, 5.74) is 8.27. The molecule has 1 nitrogen and oxygen atoms in total. The Morgan fingerprint density at radius 3 is 2.71 bits per heavy atom. The maximum Gasteiger partial charge on any atom is 0.0440 e. The molecule has 0 radical (unpaired) electrons. The molecular weight excluding hydrogens is 194 g/mol.